The minimum Gasteiger partial charge on any atom is -0.355 e. The van der Waals surface area contributed by atoms with E-state index < -0.39 is 10.0 Å². The molecule has 0 heterocycles. The molecule has 0 aliphatic heterocycles. The Morgan fingerprint density at radius 3 is 2.19 bits per heavy atom. The van der Waals surface area contributed by atoms with Gasteiger partial charge in [-0.05, 0) is 42.5 Å². The Balaban J connectivity index is 1.70. The lowest BCUT2D eigenvalue weighted by Gasteiger charge is -2.09. The van der Waals surface area contributed by atoms with Gasteiger partial charge in [-0.1, -0.05) is 55.8 Å². The highest BCUT2D eigenvalue weighted by Crippen LogP contribution is 2.15. The SMILES string of the molecule is Cc1ccc(S(=O)(=O)NCCNC(=O)CCc2ccc(C(C)C)cc2)cc1. The highest BCUT2D eigenvalue weighted by molar-refractivity contribution is 7.89. The molecule has 0 fully saturated rings. The van der Waals surface area contributed by atoms with Gasteiger partial charge in [0.1, 0.15) is 0 Å². The van der Waals surface area contributed by atoms with Crippen LogP contribution in [0.2, 0.25) is 0 Å². The molecule has 0 atom stereocenters. The summed E-state index contributed by atoms with van der Waals surface area (Å²) in [5.74, 6) is 0.406. The van der Waals surface area contributed by atoms with Gasteiger partial charge in [-0.15, -0.1) is 0 Å². The number of rotatable bonds is 9. The number of nitrogens with one attached hydrogen (secondary N) is 2. The van der Waals surface area contributed by atoms with E-state index in [4.69, 9.17) is 0 Å². The van der Waals surface area contributed by atoms with E-state index in [-0.39, 0.29) is 23.9 Å². The maximum atomic E-state index is 12.2. The van der Waals surface area contributed by atoms with Crippen molar-refractivity contribution in [2.75, 3.05) is 13.1 Å². The lowest BCUT2D eigenvalue weighted by molar-refractivity contribution is -0.121. The fraction of sp³-hybridized carbons (Fsp3) is 0.381. The molecule has 2 N–H and O–H groups in total. The van der Waals surface area contributed by atoms with Crippen molar-refractivity contribution in [3.8, 4) is 0 Å². The van der Waals surface area contributed by atoms with Crippen LogP contribution in [-0.2, 0) is 21.2 Å². The van der Waals surface area contributed by atoms with Gasteiger partial charge in [0.15, 0.2) is 0 Å². The predicted molar refractivity (Wildman–Crippen MR) is 108 cm³/mol. The molecule has 2 rings (SSSR count). The van der Waals surface area contributed by atoms with Gasteiger partial charge in [-0.25, -0.2) is 13.1 Å². The van der Waals surface area contributed by atoms with E-state index in [9.17, 15) is 13.2 Å². The Morgan fingerprint density at radius 2 is 1.59 bits per heavy atom. The quantitative estimate of drug-likeness (QED) is 0.648. The second-order valence-electron chi connectivity index (χ2n) is 6.96. The van der Waals surface area contributed by atoms with Gasteiger partial charge in [0.2, 0.25) is 15.9 Å². The van der Waals surface area contributed by atoms with E-state index in [2.05, 4.69) is 48.2 Å². The van der Waals surface area contributed by atoms with Crippen LogP contribution in [0.5, 0.6) is 0 Å². The molecule has 5 nitrogen and oxygen atoms in total. The van der Waals surface area contributed by atoms with Crippen molar-refractivity contribution in [2.45, 2.75) is 44.4 Å². The highest BCUT2D eigenvalue weighted by atomic mass is 32.2. The van der Waals surface area contributed by atoms with Crippen LogP contribution >= 0.6 is 0 Å². The maximum Gasteiger partial charge on any atom is 0.240 e. The number of sulfonamides is 1. The normalized spacial score (nSPS) is 11.6. The number of benzene rings is 2. The average molecular weight is 389 g/mol. The minimum absolute atomic E-state index is 0.0857. The zero-order valence-corrected chi connectivity index (χ0v) is 17.0. The number of amides is 1. The van der Waals surface area contributed by atoms with E-state index in [1.807, 2.05) is 6.92 Å². The summed E-state index contributed by atoms with van der Waals surface area (Å²) in [4.78, 5) is 12.2. The molecule has 0 aliphatic rings. The third kappa shape index (κ3) is 6.81. The van der Waals surface area contributed by atoms with Crippen LogP contribution in [-0.4, -0.2) is 27.4 Å². The predicted octanol–water partition coefficient (Wildman–Crippen LogP) is 3.15. The van der Waals surface area contributed by atoms with Crippen LogP contribution in [0, 0.1) is 6.92 Å². The number of carbonyl (C=O) groups is 1. The molecule has 0 unspecified atom stereocenters. The number of aryl methyl sites for hydroxylation is 2. The lowest BCUT2D eigenvalue weighted by atomic mass is 10.0. The average Bonchev–Trinajstić information content (AvgIpc) is 2.64. The molecule has 1 amide bonds. The van der Waals surface area contributed by atoms with Gasteiger partial charge in [-0.2, -0.15) is 0 Å². The first-order valence-corrected chi connectivity index (χ1v) is 10.7. The molecule has 2 aromatic rings. The van der Waals surface area contributed by atoms with Gasteiger partial charge in [0.05, 0.1) is 4.90 Å². The summed E-state index contributed by atoms with van der Waals surface area (Å²) in [5.41, 5.74) is 3.40. The topological polar surface area (TPSA) is 75.3 Å². The zero-order valence-electron chi connectivity index (χ0n) is 16.2. The Kier molecular flexibility index (Phi) is 7.56. The summed E-state index contributed by atoms with van der Waals surface area (Å²) in [6, 6.07) is 14.9. The van der Waals surface area contributed by atoms with Gasteiger partial charge in [0, 0.05) is 19.5 Å². The van der Waals surface area contributed by atoms with E-state index >= 15 is 0 Å². The third-order valence-electron chi connectivity index (χ3n) is 4.36. The van der Waals surface area contributed by atoms with Gasteiger partial charge in [-0.3, -0.25) is 4.79 Å². The molecule has 0 saturated heterocycles. The molecule has 27 heavy (non-hydrogen) atoms. The Bertz CT molecular complexity index is 842. The molecule has 0 radical (unpaired) electrons. The van der Waals surface area contributed by atoms with Gasteiger partial charge >= 0.3 is 0 Å². The summed E-state index contributed by atoms with van der Waals surface area (Å²) < 4.78 is 26.8. The van der Waals surface area contributed by atoms with Crippen molar-refractivity contribution < 1.29 is 13.2 Å². The molecule has 0 aromatic heterocycles. The monoisotopic (exact) mass is 388 g/mol. The molecule has 0 spiro atoms. The van der Waals surface area contributed by atoms with Crippen LogP contribution in [0.3, 0.4) is 0 Å². The maximum absolute atomic E-state index is 12.2. The standard InChI is InChI=1S/C21H28N2O3S/c1-16(2)19-9-6-18(7-10-19)8-13-21(24)22-14-15-23-27(25,26)20-11-4-17(3)5-12-20/h4-7,9-12,16,23H,8,13-15H2,1-3H3,(H,22,24). The Morgan fingerprint density at radius 1 is 0.963 bits per heavy atom. The lowest BCUT2D eigenvalue weighted by Crippen LogP contribution is -2.34. The van der Waals surface area contributed by atoms with Gasteiger partial charge < -0.3 is 5.32 Å². The van der Waals surface area contributed by atoms with Crippen molar-refractivity contribution in [2.24, 2.45) is 0 Å². The summed E-state index contributed by atoms with van der Waals surface area (Å²) in [5, 5.41) is 2.75. The fourth-order valence-corrected chi connectivity index (χ4v) is 3.64. The van der Waals surface area contributed by atoms with Crippen molar-refractivity contribution in [1.82, 2.24) is 10.0 Å². The van der Waals surface area contributed by atoms with E-state index in [0.717, 1.165) is 11.1 Å². The van der Waals surface area contributed by atoms with Crippen LogP contribution in [0.1, 0.15) is 42.9 Å². The second-order valence-corrected chi connectivity index (χ2v) is 8.72. The van der Waals surface area contributed by atoms with E-state index in [0.29, 0.717) is 18.8 Å². The van der Waals surface area contributed by atoms with E-state index in [1.165, 1.54) is 5.56 Å². The summed E-state index contributed by atoms with van der Waals surface area (Å²) in [6.07, 6.45) is 1.05. The summed E-state index contributed by atoms with van der Waals surface area (Å²) in [7, 11) is -3.54. The molecule has 0 aliphatic carbocycles. The van der Waals surface area contributed by atoms with Crippen molar-refractivity contribution in [1.29, 1.82) is 0 Å². The highest BCUT2D eigenvalue weighted by Gasteiger charge is 2.12. The number of carbonyl (C=O) groups excluding carboxylic acids is 1. The smallest absolute Gasteiger partial charge is 0.240 e. The number of hydrogen-bond donors (Lipinski definition) is 2. The first-order chi connectivity index (χ1) is 12.8. The fourth-order valence-electron chi connectivity index (χ4n) is 2.60. The molecular formula is C21H28N2O3S. The van der Waals surface area contributed by atoms with Crippen LogP contribution < -0.4 is 10.0 Å². The number of hydrogen-bond acceptors (Lipinski definition) is 3. The molecule has 6 heteroatoms. The minimum atomic E-state index is -3.54. The molecule has 2 aromatic carbocycles. The molecule has 0 saturated carbocycles. The van der Waals surface area contributed by atoms with Crippen molar-refractivity contribution in [3.63, 3.8) is 0 Å². The molecule has 0 bridgehead atoms. The first-order valence-electron chi connectivity index (χ1n) is 9.20. The summed E-state index contributed by atoms with van der Waals surface area (Å²) >= 11 is 0. The zero-order chi connectivity index (χ0) is 19.9. The van der Waals surface area contributed by atoms with Crippen LogP contribution in [0.15, 0.2) is 53.4 Å². The molecule has 146 valence electrons. The van der Waals surface area contributed by atoms with Gasteiger partial charge in [0.25, 0.3) is 0 Å². The first kappa shape index (κ1) is 21.1. The largest absolute Gasteiger partial charge is 0.355 e. The van der Waals surface area contributed by atoms with Crippen LogP contribution in [0.4, 0.5) is 0 Å². The summed E-state index contributed by atoms with van der Waals surface area (Å²) in [6.45, 7) is 6.62. The molecular weight excluding hydrogens is 360 g/mol. The van der Waals surface area contributed by atoms with E-state index in [1.54, 1.807) is 24.3 Å². The second kappa shape index (κ2) is 9.67. The Hall–Kier alpha value is -2.18. The van der Waals surface area contributed by atoms with Crippen molar-refractivity contribution in [3.05, 3.63) is 65.2 Å². The third-order valence-corrected chi connectivity index (χ3v) is 5.83. The van der Waals surface area contributed by atoms with Crippen LogP contribution in [0.25, 0.3) is 0 Å². The van der Waals surface area contributed by atoms with Crippen molar-refractivity contribution >= 4 is 15.9 Å². The Labute approximate surface area is 162 Å².